The fraction of sp³-hybridized carbons (Fsp3) is 0.522. The monoisotopic (exact) mass is 424 g/mol. The van der Waals surface area contributed by atoms with Gasteiger partial charge < -0.3 is 25.2 Å². The van der Waals surface area contributed by atoms with Crippen LogP contribution in [0.2, 0.25) is 0 Å². The van der Waals surface area contributed by atoms with Gasteiger partial charge in [0.15, 0.2) is 5.69 Å². The summed E-state index contributed by atoms with van der Waals surface area (Å²) in [5, 5.41) is 13.5. The SMILES string of the molecule is O=C(NC1COC1)c1cccc(C(NC(=O)c2cc(C3CC3)on2)C2CCNCC2)c1. The molecular weight excluding hydrogens is 396 g/mol. The normalized spacial score (nSPS) is 20.6. The van der Waals surface area contributed by atoms with Crippen molar-refractivity contribution in [2.24, 2.45) is 5.92 Å². The Balaban J connectivity index is 1.35. The van der Waals surface area contributed by atoms with Gasteiger partial charge in [0.25, 0.3) is 11.8 Å². The molecule has 8 nitrogen and oxygen atoms in total. The Bertz CT molecular complexity index is 945. The van der Waals surface area contributed by atoms with Gasteiger partial charge in [-0.25, -0.2) is 0 Å². The number of hydrogen-bond acceptors (Lipinski definition) is 6. The average molecular weight is 425 g/mol. The number of nitrogens with zero attached hydrogens (tertiary/aromatic N) is 1. The molecule has 2 amide bonds. The summed E-state index contributed by atoms with van der Waals surface area (Å²) in [6, 6.07) is 9.19. The molecule has 0 radical (unpaired) electrons. The van der Waals surface area contributed by atoms with Crippen molar-refractivity contribution >= 4 is 11.8 Å². The smallest absolute Gasteiger partial charge is 0.273 e. The van der Waals surface area contributed by atoms with E-state index >= 15 is 0 Å². The van der Waals surface area contributed by atoms with Gasteiger partial charge in [-0.1, -0.05) is 17.3 Å². The molecule has 2 saturated heterocycles. The van der Waals surface area contributed by atoms with Crippen molar-refractivity contribution in [1.29, 1.82) is 0 Å². The molecule has 3 fully saturated rings. The molecule has 0 bridgehead atoms. The van der Waals surface area contributed by atoms with E-state index in [1.807, 2.05) is 18.2 Å². The molecule has 1 aromatic carbocycles. The molecule has 1 aromatic heterocycles. The van der Waals surface area contributed by atoms with E-state index in [1.54, 1.807) is 12.1 Å². The third-order valence-corrected chi connectivity index (χ3v) is 6.36. The first-order valence-electron chi connectivity index (χ1n) is 11.1. The highest BCUT2D eigenvalue weighted by Gasteiger charge is 2.31. The Labute approximate surface area is 181 Å². The molecule has 0 spiro atoms. The van der Waals surface area contributed by atoms with Crippen LogP contribution < -0.4 is 16.0 Å². The molecule has 31 heavy (non-hydrogen) atoms. The van der Waals surface area contributed by atoms with Gasteiger partial charge in [0.2, 0.25) is 0 Å². The summed E-state index contributed by atoms with van der Waals surface area (Å²) in [5.41, 5.74) is 1.85. The van der Waals surface area contributed by atoms with Gasteiger partial charge in [-0.05, 0) is 62.4 Å². The van der Waals surface area contributed by atoms with Crippen molar-refractivity contribution in [3.8, 4) is 0 Å². The number of nitrogens with one attached hydrogen (secondary N) is 3. The number of benzene rings is 1. The van der Waals surface area contributed by atoms with Crippen LogP contribution in [0, 0.1) is 5.92 Å². The number of amides is 2. The van der Waals surface area contributed by atoms with Crippen molar-refractivity contribution in [2.45, 2.75) is 43.7 Å². The molecule has 164 valence electrons. The van der Waals surface area contributed by atoms with Crippen molar-refractivity contribution < 1.29 is 18.8 Å². The minimum atomic E-state index is -0.236. The molecule has 5 rings (SSSR count). The van der Waals surface area contributed by atoms with Crippen LogP contribution in [-0.4, -0.2) is 49.3 Å². The highest BCUT2D eigenvalue weighted by molar-refractivity contribution is 5.95. The maximum absolute atomic E-state index is 13.0. The molecule has 3 heterocycles. The van der Waals surface area contributed by atoms with E-state index in [2.05, 4.69) is 21.1 Å². The summed E-state index contributed by atoms with van der Waals surface area (Å²) < 4.78 is 10.5. The summed E-state index contributed by atoms with van der Waals surface area (Å²) >= 11 is 0. The van der Waals surface area contributed by atoms with Crippen molar-refractivity contribution in [3.63, 3.8) is 0 Å². The molecule has 2 aliphatic heterocycles. The van der Waals surface area contributed by atoms with E-state index in [0.29, 0.717) is 30.4 Å². The number of piperidine rings is 1. The second-order valence-electron chi connectivity index (χ2n) is 8.76. The van der Waals surface area contributed by atoms with E-state index in [9.17, 15) is 9.59 Å². The summed E-state index contributed by atoms with van der Waals surface area (Å²) in [6.45, 7) is 2.93. The number of ether oxygens (including phenoxy) is 1. The lowest BCUT2D eigenvalue weighted by Crippen LogP contribution is -2.48. The first-order chi connectivity index (χ1) is 15.2. The summed E-state index contributed by atoms with van der Waals surface area (Å²) in [5.74, 6) is 1.13. The molecular formula is C23H28N4O4. The minimum Gasteiger partial charge on any atom is -0.377 e. The maximum Gasteiger partial charge on any atom is 0.273 e. The predicted octanol–water partition coefficient (Wildman–Crippen LogP) is 2.15. The van der Waals surface area contributed by atoms with Gasteiger partial charge in [0.05, 0.1) is 25.3 Å². The topological polar surface area (TPSA) is 105 Å². The largest absolute Gasteiger partial charge is 0.377 e. The van der Waals surface area contributed by atoms with Gasteiger partial charge in [0.1, 0.15) is 5.76 Å². The minimum absolute atomic E-state index is 0.0731. The Hall–Kier alpha value is -2.71. The molecule has 3 N–H and O–H groups in total. The number of hydrogen-bond donors (Lipinski definition) is 3. The van der Waals surface area contributed by atoms with Crippen molar-refractivity contribution in [2.75, 3.05) is 26.3 Å². The lowest BCUT2D eigenvalue weighted by molar-refractivity contribution is -0.00346. The fourth-order valence-electron chi connectivity index (χ4n) is 4.28. The number of carbonyl (C=O) groups excluding carboxylic acids is 2. The fourth-order valence-corrected chi connectivity index (χ4v) is 4.28. The van der Waals surface area contributed by atoms with Crippen LogP contribution in [0.4, 0.5) is 0 Å². The summed E-state index contributed by atoms with van der Waals surface area (Å²) in [4.78, 5) is 25.6. The molecule has 1 aliphatic carbocycles. The van der Waals surface area contributed by atoms with Crippen LogP contribution >= 0.6 is 0 Å². The average Bonchev–Trinajstić information content (AvgIpc) is 3.51. The Morgan fingerprint density at radius 2 is 1.87 bits per heavy atom. The van der Waals surface area contributed by atoms with Gasteiger partial charge in [-0.15, -0.1) is 0 Å². The molecule has 8 heteroatoms. The Kier molecular flexibility index (Phi) is 5.74. The zero-order valence-electron chi connectivity index (χ0n) is 17.4. The van der Waals surface area contributed by atoms with Crippen LogP contribution in [0.3, 0.4) is 0 Å². The van der Waals surface area contributed by atoms with Crippen LogP contribution in [0.5, 0.6) is 0 Å². The summed E-state index contributed by atoms with van der Waals surface area (Å²) in [7, 11) is 0. The van der Waals surface area contributed by atoms with Crippen LogP contribution in [0.1, 0.15) is 69.8 Å². The van der Waals surface area contributed by atoms with Crippen molar-refractivity contribution in [3.05, 3.63) is 52.9 Å². The summed E-state index contributed by atoms with van der Waals surface area (Å²) in [6.07, 6.45) is 4.09. The van der Waals surface area contributed by atoms with Crippen LogP contribution in [0.15, 0.2) is 34.9 Å². The van der Waals surface area contributed by atoms with E-state index in [4.69, 9.17) is 9.26 Å². The van der Waals surface area contributed by atoms with E-state index in [1.165, 1.54) is 0 Å². The third-order valence-electron chi connectivity index (χ3n) is 6.36. The number of aromatic nitrogens is 1. The lowest BCUT2D eigenvalue weighted by Gasteiger charge is -2.32. The predicted molar refractivity (Wildman–Crippen MR) is 113 cm³/mol. The standard InChI is InChI=1S/C23H28N4O4/c28-22(25-18-12-30-13-18)17-3-1-2-16(10-17)21(15-6-8-24-9-7-15)26-23(29)19-11-20(31-27-19)14-4-5-14/h1-3,10-11,14-15,18,21,24H,4-9,12-13H2,(H,25,28)(H,26,29). The van der Waals surface area contributed by atoms with Crippen LogP contribution in [-0.2, 0) is 4.74 Å². The second-order valence-corrected chi connectivity index (χ2v) is 8.76. The molecule has 3 aliphatic rings. The van der Waals surface area contributed by atoms with E-state index < -0.39 is 0 Å². The second kappa shape index (κ2) is 8.80. The van der Waals surface area contributed by atoms with E-state index in [0.717, 1.165) is 50.1 Å². The van der Waals surface area contributed by atoms with Crippen molar-refractivity contribution in [1.82, 2.24) is 21.1 Å². The van der Waals surface area contributed by atoms with Gasteiger partial charge in [-0.2, -0.15) is 0 Å². The van der Waals surface area contributed by atoms with Gasteiger partial charge >= 0.3 is 0 Å². The maximum atomic E-state index is 13.0. The highest BCUT2D eigenvalue weighted by atomic mass is 16.5. The van der Waals surface area contributed by atoms with E-state index in [-0.39, 0.29) is 29.8 Å². The number of rotatable bonds is 7. The third kappa shape index (κ3) is 4.65. The Morgan fingerprint density at radius 3 is 2.58 bits per heavy atom. The zero-order chi connectivity index (χ0) is 21.2. The molecule has 2 aromatic rings. The zero-order valence-corrected chi connectivity index (χ0v) is 17.4. The quantitative estimate of drug-likeness (QED) is 0.629. The van der Waals surface area contributed by atoms with Gasteiger partial charge in [0, 0.05) is 17.5 Å². The van der Waals surface area contributed by atoms with Crippen LogP contribution in [0.25, 0.3) is 0 Å². The Morgan fingerprint density at radius 1 is 1.06 bits per heavy atom. The molecule has 1 unspecified atom stereocenters. The molecule has 1 atom stereocenters. The highest BCUT2D eigenvalue weighted by Crippen LogP contribution is 2.40. The first-order valence-corrected chi connectivity index (χ1v) is 11.1. The molecule has 1 saturated carbocycles. The lowest BCUT2D eigenvalue weighted by atomic mass is 9.85. The number of carbonyl (C=O) groups is 2. The first kappa shape index (κ1) is 20.2. The van der Waals surface area contributed by atoms with Gasteiger partial charge in [-0.3, -0.25) is 9.59 Å².